The van der Waals surface area contributed by atoms with Crippen LogP contribution in [0.2, 0.25) is 0 Å². The van der Waals surface area contributed by atoms with E-state index in [2.05, 4.69) is 10.3 Å². The van der Waals surface area contributed by atoms with Gasteiger partial charge in [0.05, 0.1) is 31.9 Å². The minimum atomic E-state index is -3.58. The smallest absolute Gasteiger partial charge is 0.252 e. The van der Waals surface area contributed by atoms with E-state index in [-0.39, 0.29) is 23.1 Å². The normalized spacial score (nSPS) is 11.5. The number of thiazole rings is 1. The Morgan fingerprint density at radius 2 is 1.92 bits per heavy atom. The number of rotatable bonds is 5. The predicted molar refractivity (Wildman–Crippen MR) is 90.4 cm³/mol. The summed E-state index contributed by atoms with van der Waals surface area (Å²) in [5.74, 6) is -1.11. The van der Waals surface area contributed by atoms with Gasteiger partial charge in [0.1, 0.15) is 5.82 Å². The Morgan fingerprint density at radius 3 is 2.67 bits per heavy atom. The van der Waals surface area contributed by atoms with Crippen LogP contribution in [0.15, 0.2) is 52.9 Å². The van der Waals surface area contributed by atoms with Crippen molar-refractivity contribution in [3.63, 3.8) is 0 Å². The second-order valence-corrected chi connectivity index (χ2v) is 8.00. The van der Waals surface area contributed by atoms with Gasteiger partial charge in [-0.15, -0.1) is 11.3 Å². The highest BCUT2D eigenvalue weighted by atomic mass is 32.2. The lowest BCUT2D eigenvalue weighted by atomic mass is 10.2. The summed E-state index contributed by atoms with van der Waals surface area (Å²) in [6.07, 6.45) is 0. The van der Waals surface area contributed by atoms with Gasteiger partial charge in [0.15, 0.2) is 9.84 Å². The number of halogens is 1. The molecule has 0 unspecified atom stereocenters. The number of carbonyl (C=O) groups excluding carboxylic acids is 1. The molecule has 3 rings (SSSR count). The summed E-state index contributed by atoms with van der Waals surface area (Å²) >= 11 is 1.35. The highest BCUT2D eigenvalue weighted by Crippen LogP contribution is 2.22. The molecular formula is C16H13FN2O3S2. The van der Waals surface area contributed by atoms with Crippen LogP contribution in [0.4, 0.5) is 4.39 Å². The number of aromatic nitrogens is 1. The third-order valence-corrected chi connectivity index (χ3v) is 6.04. The number of hydrogen-bond donors (Lipinski definition) is 1. The van der Waals surface area contributed by atoms with Crippen LogP contribution in [-0.2, 0) is 9.84 Å². The quantitative estimate of drug-likeness (QED) is 0.706. The average Bonchev–Trinajstić information content (AvgIpc) is 3.03. The van der Waals surface area contributed by atoms with Crippen LogP contribution >= 0.6 is 11.3 Å². The molecule has 8 heteroatoms. The molecule has 0 aliphatic heterocycles. The summed E-state index contributed by atoms with van der Waals surface area (Å²) < 4.78 is 37.9. The summed E-state index contributed by atoms with van der Waals surface area (Å²) in [5.41, 5.74) is 2.85. The van der Waals surface area contributed by atoms with Gasteiger partial charge in [0, 0.05) is 6.54 Å². The molecule has 0 radical (unpaired) electrons. The number of nitrogens with zero attached hydrogens (tertiary/aromatic N) is 1. The van der Waals surface area contributed by atoms with Gasteiger partial charge in [0.2, 0.25) is 0 Å². The molecule has 1 aromatic heterocycles. The number of benzene rings is 2. The van der Waals surface area contributed by atoms with Gasteiger partial charge in [-0.2, -0.15) is 0 Å². The summed E-state index contributed by atoms with van der Waals surface area (Å²) in [5, 5.41) is 2.60. The van der Waals surface area contributed by atoms with Crippen molar-refractivity contribution >= 4 is 37.3 Å². The molecular weight excluding hydrogens is 351 g/mol. The van der Waals surface area contributed by atoms with Crippen LogP contribution in [0.5, 0.6) is 0 Å². The monoisotopic (exact) mass is 364 g/mol. The van der Waals surface area contributed by atoms with Crippen molar-refractivity contribution in [2.24, 2.45) is 0 Å². The zero-order chi connectivity index (χ0) is 17.2. The first-order chi connectivity index (χ1) is 11.5. The molecule has 0 saturated heterocycles. The van der Waals surface area contributed by atoms with E-state index in [4.69, 9.17) is 0 Å². The fourth-order valence-electron chi connectivity index (χ4n) is 2.22. The van der Waals surface area contributed by atoms with E-state index >= 15 is 0 Å². The fourth-order valence-corrected chi connectivity index (χ4v) is 4.18. The maximum Gasteiger partial charge on any atom is 0.252 e. The highest BCUT2D eigenvalue weighted by Gasteiger charge is 2.16. The van der Waals surface area contributed by atoms with Gasteiger partial charge < -0.3 is 5.32 Å². The second-order valence-electron chi connectivity index (χ2n) is 5.03. The van der Waals surface area contributed by atoms with Crippen LogP contribution in [0.25, 0.3) is 10.2 Å². The molecule has 0 atom stereocenters. The van der Waals surface area contributed by atoms with E-state index in [0.29, 0.717) is 5.56 Å². The van der Waals surface area contributed by atoms with Gasteiger partial charge >= 0.3 is 0 Å². The van der Waals surface area contributed by atoms with E-state index in [1.54, 1.807) is 17.6 Å². The van der Waals surface area contributed by atoms with Crippen molar-refractivity contribution in [2.45, 2.75) is 4.90 Å². The number of nitrogens with one attached hydrogen (secondary N) is 1. The molecule has 0 spiro atoms. The van der Waals surface area contributed by atoms with Gasteiger partial charge in [-0.25, -0.2) is 17.8 Å². The molecule has 3 aromatic rings. The summed E-state index contributed by atoms with van der Waals surface area (Å²) in [4.78, 5) is 16.4. The maximum atomic E-state index is 12.9. The standard InChI is InChI=1S/C16H13FN2O3S2/c17-11-4-6-12(7-5-11)24(21,22)9-8-18-16(20)13-2-1-3-14-15(13)23-10-19-14/h1-7,10H,8-9H2,(H,18,20). The average molecular weight is 364 g/mol. The number of fused-ring (bicyclic) bond motifs is 1. The summed E-state index contributed by atoms with van der Waals surface area (Å²) in [7, 11) is -3.58. The molecule has 24 heavy (non-hydrogen) atoms. The zero-order valence-corrected chi connectivity index (χ0v) is 14.0. The Balaban J connectivity index is 1.66. The van der Waals surface area contributed by atoms with Crippen LogP contribution in [0, 0.1) is 5.82 Å². The molecule has 124 valence electrons. The molecule has 0 aliphatic carbocycles. The van der Waals surface area contributed by atoms with Crippen LogP contribution < -0.4 is 5.32 Å². The van der Waals surface area contributed by atoms with Gasteiger partial charge in [-0.05, 0) is 36.4 Å². The molecule has 2 aromatic carbocycles. The molecule has 0 fully saturated rings. The van der Waals surface area contributed by atoms with E-state index in [9.17, 15) is 17.6 Å². The topological polar surface area (TPSA) is 76.1 Å². The van der Waals surface area contributed by atoms with E-state index in [1.807, 2.05) is 6.07 Å². The van der Waals surface area contributed by atoms with E-state index < -0.39 is 15.7 Å². The molecule has 0 saturated carbocycles. The number of hydrogen-bond acceptors (Lipinski definition) is 5. The Bertz CT molecular complexity index is 982. The van der Waals surface area contributed by atoms with Gasteiger partial charge in [-0.3, -0.25) is 4.79 Å². The molecule has 0 bridgehead atoms. The minimum Gasteiger partial charge on any atom is -0.351 e. The Hall–Kier alpha value is -2.32. The third kappa shape index (κ3) is 3.44. The van der Waals surface area contributed by atoms with Crippen molar-refractivity contribution in [1.82, 2.24) is 10.3 Å². The van der Waals surface area contributed by atoms with Gasteiger partial charge in [0.25, 0.3) is 5.91 Å². The first-order valence-corrected chi connectivity index (χ1v) is 9.59. The van der Waals surface area contributed by atoms with Crippen molar-refractivity contribution < 1.29 is 17.6 Å². The molecule has 1 N–H and O–H groups in total. The van der Waals surface area contributed by atoms with Crippen molar-refractivity contribution in [3.05, 3.63) is 59.4 Å². The van der Waals surface area contributed by atoms with Crippen LogP contribution in [-0.4, -0.2) is 31.6 Å². The number of sulfone groups is 1. The predicted octanol–water partition coefficient (Wildman–Crippen LogP) is 2.64. The van der Waals surface area contributed by atoms with Crippen molar-refractivity contribution in [2.75, 3.05) is 12.3 Å². The number of carbonyl (C=O) groups is 1. The minimum absolute atomic E-state index is 0.0303. The van der Waals surface area contributed by atoms with E-state index in [1.165, 1.54) is 23.5 Å². The SMILES string of the molecule is O=C(NCCS(=O)(=O)c1ccc(F)cc1)c1cccc2ncsc12. The fraction of sp³-hybridized carbons (Fsp3) is 0.125. The van der Waals surface area contributed by atoms with Gasteiger partial charge in [-0.1, -0.05) is 6.07 Å². The Morgan fingerprint density at radius 1 is 1.17 bits per heavy atom. The Labute approximate surface area is 142 Å². The largest absolute Gasteiger partial charge is 0.351 e. The molecule has 0 aliphatic rings. The van der Waals surface area contributed by atoms with Crippen molar-refractivity contribution in [3.8, 4) is 0 Å². The van der Waals surface area contributed by atoms with E-state index in [0.717, 1.165) is 22.3 Å². The highest BCUT2D eigenvalue weighted by molar-refractivity contribution is 7.91. The lowest BCUT2D eigenvalue weighted by Gasteiger charge is -2.07. The molecule has 1 heterocycles. The summed E-state index contributed by atoms with van der Waals surface area (Å²) in [6.45, 7) is -0.0340. The number of amides is 1. The third-order valence-electron chi connectivity index (χ3n) is 3.43. The Kier molecular flexibility index (Phi) is 4.59. The van der Waals surface area contributed by atoms with Crippen LogP contribution in [0.3, 0.4) is 0 Å². The second kappa shape index (κ2) is 6.66. The first-order valence-electron chi connectivity index (χ1n) is 7.06. The molecule has 1 amide bonds. The lowest BCUT2D eigenvalue weighted by Crippen LogP contribution is -2.29. The first kappa shape index (κ1) is 16.5. The molecule has 5 nitrogen and oxygen atoms in total. The van der Waals surface area contributed by atoms with Crippen molar-refractivity contribution in [1.29, 1.82) is 0 Å². The maximum absolute atomic E-state index is 12.9. The zero-order valence-electron chi connectivity index (χ0n) is 12.4. The lowest BCUT2D eigenvalue weighted by molar-refractivity contribution is 0.0958. The van der Waals surface area contributed by atoms with Crippen LogP contribution in [0.1, 0.15) is 10.4 Å². The summed E-state index contributed by atoms with van der Waals surface area (Å²) in [6, 6.07) is 9.82.